The Hall–Kier alpha value is 0.1000. The van der Waals surface area contributed by atoms with Crippen LogP contribution in [0.4, 0.5) is 0 Å². The first-order chi connectivity index (χ1) is 7.09. The molecule has 0 aromatic carbocycles. The topological polar surface area (TPSA) is 21.3 Å². The molecule has 0 amide bonds. The van der Waals surface area contributed by atoms with E-state index in [1.165, 1.54) is 8.66 Å². The number of halogens is 1. The van der Waals surface area contributed by atoms with Crippen LogP contribution in [-0.4, -0.2) is 19.8 Å². The highest BCUT2D eigenvalue weighted by Gasteiger charge is 2.33. The van der Waals surface area contributed by atoms with E-state index in [1.807, 2.05) is 0 Å². The molecule has 15 heavy (non-hydrogen) atoms. The lowest BCUT2D eigenvalue weighted by atomic mass is 9.88. The minimum absolute atomic E-state index is 0.350. The van der Waals surface area contributed by atoms with Gasteiger partial charge in [0.1, 0.15) is 0 Å². The van der Waals surface area contributed by atoms with Crippen molar-refractivity contribution in [2.75, 3.05) is 19.8 Å². The first kappa shape index (κ1) is 11.6. The zero-order valence-corrected chi connectivity index (χ0v) is 11.5. The van der Waals surface area contributed by atoms with Crippen molar-refractivity contribution >= 4 is 27.3 Å². The average Bonchev–Trinajstić information content (AvgIpc) is 2.58. The molecule has 0 radical (unpaired) electrons. The van der Waals surface area contributed by atoms with Crippen LogP contribution in [-0.2, 0) is 4.74 Å². The molecular formula is C11H16BrNOS. The van der Waals surface area contributed by atoms with Gasteiger partial charge in [-0.1, -0.05) is 6.92 Å². The normalized spacial score (nSPS) is 21.0. The molecular weight excluding hydrogens is 274 g/mol. The number of thiophene rings is 1. The van der Waals surface area contributed by atoms with Gasteiger partial charge in [0.25, 0.3) is 0 Å². The lowest BCUT2D eigenvalue weighted by Crippen LogP contribution is -2.47. The van der Waals surface area contributed by atoms with Gasteiger partial charge in [-0.25, -0.2) is 0 Å². The maximum atomic E-state index is 5.24. The maximum absolute atomic E-state index is 5.24. The van der Waals surface area contributed by atoms with Crippen LogP contribution in [0, 0.1) is 5.41 Å². The minimum Gasteiger partial charge on any atom is -0.380 e. The Morgan fingerprint density at radius 2 is 2.33 bits per heavy atom. The van der Waals surface area contributed by atoms with Gasteiger partial charge in [0, 0.05) is 22.9 Å². The van der Waals surface area contributed by atoms with E-state index in [0.717, 1.165) is 19.8 Å². The molecule has 1 saturated heterocycles. The Bertz CT molecular complexity index is 335. The number of ether oxygens (including phenoxy) is 1. The van der Waals surface area contributed by atoms with E-state index in [9.17, 15) is 0 Å². The zero-order valence-electron chi connectivity index (χ0n) is 9.05. The van der Waals surface area contributed by atoms with Gasteiger partial charge < -0.3 is 10.1 Å². The standard InChI is InChI=1S/C11H16BrNOS/c1-8(9-3-4-10(12)15-9)13-5-11(2)6-14-7-11/h3-4,8,13H,5-7H2,1-2H3. The van der Waals surface area contributed by atoms with E-state index in [4.69, 9.17) is 4.74 Å². The highest BCUT2D eigenvalue weighted by molar-refractivity contribution is 9.11. The molecule has 1 N–H and O–H groups in total. The molecule has 1 aromatic rings. The molecule has 1 atom stereocenters. The molecule has 0 bridgehead atoms. The molecule has 1 aromatic heterocycles. The molecule has 2 heterocycles. The summed E-state index contributed by atoms with van der Waals surface area (Å²) in [6.07, 6.45) is 0. The van der Waals surface area contributed by atoms with E-state index >= 15 is 0 Å². The SMILES string of the molecule is CC(NCC1(C)COC1)c1ccc(Br)s1. The summed E-state index contributed by atoms with van der Waals surface area (Å²) < 4.78 is 6.43. The Labute approximate surface area is 103 Å². The predicted molar refractivity (Wildman–Crippen MR) is 67.4 cm³/mol. The molecule has 4 heteroatoms. The number of hydrogen-bond donors (Lipinski definition) is 1. The van der Waals surface area contributed by atoms with Crippen LogP contribution in [0.15, 0.2) is 15.9 Å². The van der Waals surface area contributed by atoms with Crippen LogP contribution >= 0.6 is 27.3 Å². The lowest BCUT2D eigenvalue weighted by Gasteiger charge is -2.38. The average molecular weight is 290 g/mol. The van der Waals surface area contributed by atoms with E-state index < -0.39 is 0 Å². The van der Waals surface area contributed by atoms with Crippen molar-refractivity contribution in [2.45, 2.75) is 19.9 Å². The third kappa shape index (κ3) is 2.81. The predicted octanol–water partition coefficient (Wildman–Crippen LogP) is 3.20. The summed E-state index contributed by atoms with van der Waals surface area (Å²) in [5, 5.41) is 3.56. The van der Waals surface area contributed by atoms with Gasteiger partial charge in [0.05, 0.1) is 17.0 Å². The largest absolute Gasteiger partial charge is 0.380 e. The van der Waals surface area contributed by atoms with Crippen molar-refractivity contribution in [2.24, 2.45) is 5.41 Å². The van der Waals surface area contributed by atoms with Gasteiger partial charge in [-0.05, 0) is 35.0 Å². The molecule has 1 unspecified atom stereocenters. The third-order valence-electron chi connectivity index (χ3n) is 2.76. The molecule has 2 rings (SSSR count). The zero-order chi connectivity index (χ0) is 10.9. The Balaban J connectivity index is 1.84. The minimum atomic E-state index is 0.350. The highest BCUT2D eigenvalue weighted by atomic mass is 79.9. The fourth-order valence-corrected chi connectivity index (χ4v) is 3.06. The van der Waals surface area contributed by atoms with Gasteiger partial charge in [-0.2, -0.15) is 0 Å². The Kier molecular flexibility index (Phi) is 3.50. The van der Waals surface area contributed by atoms with E-state index in [1.54, 1.807) is 11.3 Å². The smallest absolute Gasteiger partial charge is 0.0701 e. The third-order valence-corrected chi connectivity index (χ3v) is 4.56. The van der Waals surface area contributed by atoms with Gasteiger partial charge >= 0.3 is 0 Å². The first-order valence-electron chi connectivity index (χ1n) is 5.15. The van der Waals surface area contributed by atoms with Crippen molar-refractivity contribution in [1.29, 1.82) is 0 Å². The summed E-state index contributed by atoms with van der Waals surface area (Å²) in [5.74, 6) is 0. The summed E-state index contributed by atoms with van der Waals surface area (Å²) in [6.45, 7) is 7.28. The number of rotatable bonds is 4. The van der Waals surface area contributed by atoms with Crippen molar-refractivity contribution in [1.82, 2.24) is 5.32 Å². The highest BCUT2D eigenvalue weighted by Crippen LogP contribution is 2.29. The van der Waals surface area contributed by atoms with Crippen LogP contribution in [0.5, 0.6) is 0 Å². The molecule has 1 aliphatic rings. The second-order valence-electron chi connectivity index (χ2n) is 4.55. The maximum Gasteiger partial charge on any atom is 0.0701 e. The second-order valence-corrected chi connectivity index (χ2v) is 7.04. The quantitative estimate of drug-likeness (QED) is 0.919. The first-order valence-corrected chi connectivity index (χ1v) is 6.76. The number of nitrogens with one attached hydrogen (secondary N) is 1. The van der Waals surface area contributed by atoms with Gasteiger partial charge in [0.15, 0.2) is 0 Å². The second kappa shape index (κ2) is 4.53. The van der Waals surface area contributed by atoms with Crippen LogP contribution in [0.1, 0.15) is 24.8 Å². The van der Waals surface area contributed by atoms with Crippen molar-refractivity contribution in [3.8, 4) is 0 Å². The molecule has 1 aliphatic heterocycles. The van der Waals surface area contributed by atoms with Crippen LogP contribution < -0.4 is 5.32 Å². The summed E-state index contributed by atoms with van der Waals surface area (Å²) in [4.78, 5) is 1.38. The van der Waals surface area contributed by atoms with E-state index in [2.05, 4.69) is 47.2 Å². The van der Waals surface area contributed by atoms with Crippen molar-refractivity contribution in [3.05, 3.63) is 20.8 Å². The van der Waals surface area contributed by atoms with E-state index in [-0.39, 0.29) is 0 Å². The van der Waals surface area contributed by atoms with Crippen molar-refractivity contribution in [3.63, 3.8) is 0 Å². The summed E-state index contributed by atoms with van der Waals surface area (Å²) >= 11 is 5.28. The molecule has 2 nitrogen and oxygen atoms in total. The lowest BCUT2D eigenvalue weighted by molar-refractivity contribution is -0.0998. The van der Waals surface area contributed by atoms with Crippen LogP contribution in [0.3, 0.4) is 0 Å². The Morgan fingerprint density at radius 3 is 2.80 bits per heavy atom. The van der Waals surface area contributed by atoms with E-state index in [0.29, 0.717) is 11.5 Å². The molecule has 0 spiro atoms. The van der Waals surface area contributed by atoms with Gasteiger partial charge in [-0.3, -0.25) is 0 Å². The summed E-state index contributed by atoms with van der Waals surface area (Å²) in [7, 11) is 0. The number of hydrogen-bond acceptors (Lipinski definition) is 3. The summed E-state index contributed by atoms with van der Waals surface area (Å²) in [5.41, 5.74) is 0.350. The van der Waals surface area contributed by atoms with Crippen molar-refractivity contribution < 1.29 is 4.74 Å². The van der Waals surface area contributed by atoms with Crippen LogP contribution in [0.2, 0.25) is 0 Å². The summed E-state index contributed by atoms with van der Waals surface area (Å²) in [6, 6.07) is 4.71. The molecule has 0 saturated carbocycles. The molecule has 1 fully saturated rings. The monoisotopic (exact) mass is 289 g/mol. The van der Waals surface area contributed by atoms with Gasteiger partial charge in [0.2, 0.25) is 0 Å². The van der Waals surface area contributed by atoms with Crippen LogP contribution in [0.25, 0.3) is 0 Å². The molecule has 84 valence electrons. The fourth-order valence-electron chi connectivity index (χ4n) is 1.61. The van der Waals surface area contributed by atoms with Gasteiger partial charge in [-0.15, -0.1) is 11.3 Å². The molecule has 0 aliphatic carbocycles. The Morgan fingerprint density at radius 1 is 1.60 bits per heavy atom. The fraction of sp³-hybridized carbons (Fsp3) is 0.636.